The number of aryl methyl sites for hydroxylation is 1. The topological polar surface area (TPSA) is 172 Å². The Morgan fingerprint density at radius 1 is 1.07 bits per heavy atom. The molecule has 0 amide bonds. The van der Waals surface area contributed by atoms with Crippen LogP contribution in [-0.2, 0) is 41.6 Å². The first kappa shape index (κ1) is 36.2. The zero-order valence-corrected chi connectivity index (χ0v) is 26.7. The molecule has 6 atom stereocenters. The molecule has 1 aromatic rings. The summed E-state index contributed by atoms with van der Waals surface area (Å²) >= 11 is 0. The molecule has 238 valence electrons. The van der Waals surface area contributed by atoms with E-state index in [-0.39, 0.29) is 32.6 Å². The van der Waals surface area contributed by atoms with Gasteiger partial charge in [0.05, 0.1) is 45.3 Å². The Morgan fingerprint density at radius 3 is 2.39 bits per heavy atom. The van der Waals surface area contributed by atoms with Crippen LogP contribution in [0.4, 0.5) is 0 Å². The lowest BCUT2D eigenvalue weighted by atomic mass is 10.1. The fourth-order valence-electron chi connectivity index (χ4n) is 4.25. The Labute approximate surface area is 243 Å². The Bertz CT molecular complexity index is 1050. The van der Waals surface area contributed by atoms with Crippen LogP contribution in [0.15, 0.2) is 15.8 Å². The summed E-state index contributed by atoms with van der Waals surface area (Å²) in [6, 6.07) is 0. The number of methoxy groups -OCH3 is 1. The molecule has 0 radical (unpaired) electrons. The summed E-state index contributed by atoms with van der Waals surface area (Å²) < 4.78 is 62.0. The van der Waals surface area contributed by atoms with Crippen molar-refractivity contribution >= 4 is 16.1 Å². The zero-order chi connectivity index (χ0) is 30.4. The zero-order valence-electron chi connectivity index (χ0n) is 24.9. The second-order valence-corrected chi connectivity index (χ2v) is 12.5. The van der Waals surface area contributed by atoms with E-state index in [0.717, 1.165) is 19.3 Å². The van der Waals surface area contributed by atoms with Crippen molar-refractivity contribution in [2.45, 2.75) is 84.5 Å². The third-order valence-electron chi connectivity index (χ3n) is 6.14. The van der Waals surface area contributed by atoms with Crippen LogP contribution in [0.5, 0.6) is 0 Å². The van der Waals surface area contributed by atoms with E-state index in [0.29, 0.717) is 18.8 Å². The minimum atomic E-state index is -3.61. The van der Waals surface area contributed by atoms with Gasteiger partial charge >= 0.3 is 13.3 Å². The van der Waals surface area contributed by atoms with Gasteiger partial charge in [-0.1, -0.05) is 20.3 Å². The van der Waals surface area contributed by atoms with E-state index in [1.54, 1.807) is 20.8 Å². The maximum atomic E-state index is 13.7. The van der Waals surface area contributed by atoms with Crippen molar-refractivity contribution in [2.24, 2.45) is 5.50 Å². The lowest BCUT2D eigenvalue weighted by Crippen LogP contribution is -2.45. The monoisotopic (exact) mass is 627 g/mol. The predicted octanol–water partition coefficient (Wildman–Crippen LogP) is 3.22. The number of nitrogens with two attached hydrogens (primary N) is 1. The molecular weight excluding hydrogens is 580 g/mol. The molecule has 1 fully saturated rings. The molecule has 2 rings (SSSR count). The molecule has 1 aliphatic heterocycles. The maximum absolute atomic E-state index is 13.7. The highest BCUT2D eigenvalue weighted by molar-refractivity contribution is 7.53. The Kier molecular flexibility index (Phi) is 16.4. The summed E-state index contributed by atoms with van der Waals surface area (Å²) in [6.45, 7) is 10.4. The summed E-state index contributed by atoms with van der Waals surface area (Å²) in [4.78, 5) is 27.4. The van der Waals surface area contributed by atoms with Gasteiger partial charge < -0.3 is 37.0 Å². The van der Waals surface area contributed by atoms with Gasteiger partial charge in [0.15, 0.2) is 6.23 Å². The first-order valence-corrected chi connectivity index (χ1v) is 17.0. The number of H-pyrrole nitrogens is 1. The van der Waals surface area contributed by atoms with Crippen molar-refractivity contribution in [3.63, 3.8) is 0 Å². The highest BCUT2D eigenvalue weighted by Gasteiger charge is 2.53. The number of aromatic nitrogens is 2. The highest BCUT2D eigenvalue weighted by atomic mass is 31.2. The molecule has 0 aromatic carbocycles. The van der Waals surface area contributed by atoms with Crippen LogP contribution in [0.25, 0.3) is 0 Å². The van der Waals surface area contributed by atoms with Crippen molar-refractivity contribution in [3.8, 4) is 0 Å². The van der Waals surface area contributed by atoms with Crippen LogP contribution in [-0.4, -0.2) is 86.9 Å². The number of rotatable bonds is 21. The van der Waals surface area contributed by atoms with Crippen LogP contribution in [0.3, 0.4) is 0 Å². The smallest absolute Gasteiger partial charge is 0.333 e. The van der Waals surface area contributed by atoms with Crippen molar-refractivity contribution in [1.29, 1.82) is 0 Å². The van der Waals surface area contributed by atoms with Crippen LogP contribution in [0, 0.1) is 6.92 Å². The van der Waals surface area contributed by atoms with Gasteiger partial charge in [0.25, 0.3) is 14.1 Å². The minimum absolute atomic E-state index is 0.140. The van der Waals surface area contributed by atoms with Gasteiger partial charge in [-0.05, 0) is 33.6 Å². The fraction of sp³-hybridized carbons (Fsp3) is 0.840. The van der Waals surface area contributed by atoms with E-state index >= 15 is 0 Å². The summed E-state index contributed by atoms with van der Waals surface area (Å²) in [6.07, 6.45) is -1.10. The van der Waals surface area contributed by atoms with E-state index in [9.17, 15) is 14.2 Å². The summed E-state index contributed by atoms with van der Waals surface area (Å²) in [7, 11) is -3.96. The molecule has 1 saturated heterocycles. The Balaban J connectivity index is 2.61. The molecule has 2 unspecified atom stereocenters. The molecule has 16 heteroatoms. The first-order valence-electron chi connectivity index (χ1n) is 14.1. The molecule has 1 aromatic heterocycles. The van der Waals surface area contributed by atoms with E-state index in [4.69, 9.17) is 42.5 Å². The third-order valence-corrected chi connectivity index (χ3v) is 9.14. The number of ether oxygens (including phenoxy) is 4. The van der Waals surface area contributed by atoms with Gasteiger partial charge in [-0.25, -0.2) is 4.79 Å². The molecule has 41 heavy (non-hydrogen) atoms. The lowest BCUT2D eigenvalue weighted by molar-refractivity contribution is -0.105. The average Bonchev–Trinajstić information content (AvgIpc) is 3.27. The molecule has 0 bridgehead atoms. The Morgan fingerprint density at radius 2 is 1.78 bits per heavy atom. The molecule has 2 heterocycles. The van der Waals surface area contributed by atoms with Gasteiger partial charge in [0, 0.05) is 25.5 Å². The standard InChI is InChI=1S/C25H47N3O11P2/c1-7-11-13-33-19(17-41(31,36-9-3)37-10-4)20-21(39-40(26)35-12-8-2)22(34-15-14-32-6)24(38-20)28-16-18(5)23(29)27-25(28)30/h16,19-22,24H,7-15,17,26H2,1-6H3,(H,27,29,30)/t19-,20?,21-,22-,24+,40?/m1/s1. The molecule has 3 N–H and O–H groups in total. The molecule has 1 aliphatic rings. The Hall–Kier alpha value is -1.02. The number of nitrogens with one attached hydrogen (secondary N) is 1. The first-order chi connectivity index (χ1) is 19.6. The molecule has 14 nitrogen and oxygen atoms in total. The molecular formula is C25H47N3O11P2. The summed E-state index contributed by atoms with van der Waals surface area (Å²) in [5.41, 5.74) is 5.33. The number of unbranched alkanes of at least 4 members (excludes halogenated alkanes) is 1. The largest absolute Gasteiger partial charge is 0.382 e. The highest BCUT2D eigenvalue weighted by Crippen LogP contribution is 2.51. The van der Waals surface area contributed by atoms with Gasteiger partial charge in [0.2, 0.25) is 0 Å². The normalized spacial score (nSPS) is 22.7. The van der Waals surface area contributed by atoms with E-state index < -0.39 is 58.0 Å². The summed E-state index contributed by atoms with van der Waals surface area (Å²) in [5.74, 6) is 0. The number of nitrogens with zero attached hydrogens (tertiary/aromatic N) is 1. The van der Waals surface area contributed by atoms with Crippen LogP contribution in [0.1, 0.15) is 58.7 Å². The van der Waals surface area contributed by atoms with Gasteiger partial charge in [-0.3, -0.25) is 24.4 Å². The van der Waals surface area contributed by atoms with Gasteiger partial charge in [-0.15, -0.1) is 0 Å². The predicted molar refractivity (Wildman–Crippen MR) is 154 cm³/mol. The van der Waals surface area contributed by atoms with E-state index in [1.807, 2.05) is 13.8 Å². The number of hydrogen-bond donors (Lipinski definition) is 2. The maximum Gasteiger partial charge on any atom is 0.333 e. The second-order valence-electron chi connectivity index (χ2n) is 9.38. The second kappa shape index (κ2) is 18.6. The van der Waals surface area contributed by atoms with E-state index in [1.165, 1.54) is 17.9 Å². The quantitative estimate of drug-likeness (QED) is 0.151. The van der Waals surface area contributed by atoms with Gasteiger partial charge in [0.1, 0.15) is 18.3 Å². The third kappa shape index (κ3) is 10.9. The number of aromatic amines is 1. The van der Waals surface area contributed by atoms with Crippen LogP contribution in [0.2, 0.25) is 0 Å². The van der Waals surface area contributed by atoms with E-state index in [2.05, 4.69) is 4.98 Å². The van der Waals surface area contributed by atoms with Crippen molar-refractivity contribution in [2.75, 3.05) is 52.9 Å². The van der Waals surface area contributed by atoms with Crippen molar-refractivity contribution < 1.29 is 41.6 Å². The van der Waals surface area contributed by atoms with Crippen LogP contribution < -0.4 is 16.8 Å². The van der Waals surface area contributed by atoms with Crippen molar-refractivity contribution in [1.82, 2.24) is 9.55 Å². The SMILES string of the molecule is CCCCO[C@H](CP(=O)(OCC)OCC)C1O[C@H](n2cc(C)c(=O)[nH]c2=O)[C@H](OCCOC)[C@@H]1OP(N)OCCC. The fourth-order valence-corrected chi connectivity index (χ4v) is 6.98. The van der Waals surface area contributed by atoms with Crippen LogP contribution >= 0.6 is 16.1 Å². The molecule has 0 aliphatic carbocycles. The average molecular weight is 628 g/mol. The lowest BCUT2D eigenvalue weighted by Gasteiger charge is -2.31. The van der Waals surface area contributed by atoms with Gasteiger partial charge in [-0.2, -0.15) is 0 Å². The van der Waals surface area contributed by atoms with Crippen molar-refractivity contribution in [3.05, 3.63) is 32.6 Å². The molecule has 0 saturated carbocycles. The number of hydrogen-bond acceptors (Lipinski definition) is 12. The summed E-state index contributed by atoms with van der Waals surface area (Å²) in [5, 5.41) is 0. The minimum Gasteiger partial charge on any atom is -0.382 e. The molecule has 0 spiro atoms.